The van der Waals surface area contributed by atoms with E-state index >= 15 is 0 Å². The maximum atomic E-state index is 10.6. The third-order valence-corrected chi connectivity index (χ3v) is 2.46. The molecule has 76 valence electrons. The highest BCUT2D eigenvalue weighted by atomic mass is 32.2. The summed E-state index contributed by atoms with van der Waals surface area (Å²) in [5.74, 6) is 4.99. The summed E-state index contributed by atoms with van der Waals surface area (Å²) in [5.41, 5.74) is 0. The number of hydrogen-bond acceptors (Lipinski definition) is 5. The molecule has 1 aromatic rings. The number of rotatable bonds is 2. The topological polar surface area (TPSA) is 105 Å². The van der Waals surface area contributed by atoms with Gasteiger partial charge < -0.3 is 5.11 Å². The van der Waals surface area contributed by atoms with Crippen molar-refractivity contribution in [1.29, 1.82) is 0 Å². The van der Waals surface area contributed by atoms with Crippen molar-refractivity contribution in [2.24, 2.45) is 5.14 Å². The molecule has 0 aromatic carbocycles. The Bertz CT molecular complexity index is 468. The Balaban J connectivity index is 2.79. The highest BCUT2D eigenvalue weighted by Crippen LogP contribution is 2.17. The van der Waals surface area contributed by atoms with Gasteiger partial charge in [0, 0.05) is 0 Å². The summed E-state index contributed by atoms with van der Waals surface area (Å²) in [5, 5.41) is 13.3. The zero-order chi connectivity index (χ0) is 10.6. The van der Waals surface area contributed by atoms with E-state index in [-0.39, 0.29) is 11.7 Å². The Morgan fingerprint density at radius 3 is 3.00 bits per heavy atom. The zero-order valence-corrected chi connectivity index (χ0v) is 8.52. The molecule has 4 N–H and O–H groups in total. The number of nitrogens with one attached hydrogen (secondary N) is 1. The molecule has 0 aliphatic heterocycles. The van der Waals surface area contributed by atoms with Crippen LogP contribution in [0.4, 0.5) is 5.13 Å². The molecule has 6 nitrogen and oxygen atoms in total. The van der Waals surface area contributed by atoms with Gasteiger partial charge in [0.05, 0.1) is 11.1 Å². The summed E-state index contributed by atoms with van der Waals surface area (Å²) in [4.78, 5) is 4.27. The van der Waals surface area contributed by atoms with Gasteiger partial charge in [-0.1, -0.05) is 23.2 Å². The Hall–Kier alpha value is -1.14. The van der Waals surface area contributed by atoms with Gasteiger partial charge in [0.1, 0.15) is 6.61 Å². The highest BCUT2D eigenvalue weighted by Gasteiger charge is 2.05. The maximum Gasteiger partial charge on any atom is 0.298 e. The molecule has 0 aliphatic carbocycles. The van der Waals surface area contributed by atoms with Crippen molar-refractivity contribution in [2.75, 3.05) is 11.3 Å². The zero-order valence-electron chi connectivity index (χ0n) is 6.89. The number of aromatic nitrogens is 1. The van der Waals surface area contributed by atoms with Gasteiger partial charge in [0.25, 0.3) is 10.2 Å². The van der Waals surface area contributed by atoms with Gasteiger partial charge in [-0.05, 0) is 0 Å². The number of hydrogen-bond donors (Lipinski definition) is 3. The molecule has 0 amide bonds. The second kappa shape index (κ2) is 4.39. The first-order chi connectivity index (χ1) is 6.51. The van der Waals surface area contributed by atoms with Crippen LogP contribution in [0.15, 0.2) is 6.20 Å². The third kappa shape index (κ3) is 3.71. The predicted octanol–water partition coefficient (Wildman–Crippen LogP) is -0.898. The molecule has 0 unspecified atom stereocenters. The van der Waals surface area contributed by atoms with E-state index in [0.717, 1.165) is 11.3 Å². The van der Waals surface area contributed by atoms with Gasteiger partial charge >= 0.3 is 0 Å². The number of aliphatic hydroxyl groups is 1. The molecule has 1 rings (SSSR count). The number of thiazole rings is 1. The molecule has 0 saturated heterocycles. The SMILES string of the molecule is NS(=O)(=O)Nc1ncc(C#CCO)s1. The van der Waals surface area contributed by atoms with Crippen LogP contribution in [0.2, 0.25) is 0 Å². The fourth-order valence-electron chi connectivity index (χ4n) is 0.627. The predicted molar refractivity (Wildman–Crippen MR) is 52.8 cm³/mol. The summed E-state index contributed by atoms with van der Waals surface area (Å²) >= 11 is 1.03. The Morgan fingerprint density at radius 1 is 1.71 bits per heavy atom. The van der Waals surface area contributed by atoms with E-state index in [4.69, 9.17) is 10.2 Å². The molecular weight excluding hydrogens is 226 g/mol. The molecule has 0 spiro atoms. The van der Waals surface area contributed by atoms with Crippen LogP contribution in [0.5, 0.6) is 0 Å². The van der Waals surface area contributed by atoms with Crippen LogP contribution in [-0.4, -0.2) is 25.1 Å². The second-order valence-electron chi connectivity index (χ2n) is 2.14. The van der Waals surface area contributed by atoms with Crippen molar-refractivity contribution >= 4 is 26.7 Å². The summed E-state index contributed by atoms with van der Waals surface area (Å²) in [6.07, 6.45) is 1.39. The molecule has 8 heteroatoms. The first-order valence-corrected chi connectivity index (χ1v) is 5.73. The first kappa shape index (κ1) is 10.9. The van der Waals surface area contributed by atoms with Gasteiger partial charge in [0.2, 0.25) is 0 Å². The largest absolute Gasteiger partial charge is 0.384 e. The van der Waals surface area contributed by atoms with Crippen molar-refractivity contribution in [3.05, 3.63) is 11.1 Å². The van der Waals surface area contributed by atoms with Gasteiger partial charge in [-0.2, -0.15) is 8.42 Å². The minimum Gasteiger partial charge on any atom is -0.384 e. The fourth-order valence-corrected chi connectivity index (χ4v) is 1.98. The molecule has 1 heterocycles. The van der Waals surface area contributed by atoms with E-state index in [9.17, 15) is 8.42 Å². The molecular formula is C6H7N3O3S2. The van der Waals surface area contributed by atoms with Crippen LogP contribution in [0.3, 0.4) is 0 Å². The van der Waals surface area contributed by atoms with E-state index in [1.165, 1.54) is 6.20 Å². The van der Waals surface area contributed by atoms with E-state index in [0.29, 0.717) is 4.88 Å². The van der Waals surface area contributed by atoms with Crippen LogP contribution in [0.1, 0.15) is 4.88 Å². The van der Waals surface area contributed by atoms with Crippen molar-refractivity contribution in [3.8, 4) is 11.8 Å². The van der Waals surface area contributed by atoms with Crippen LogP contribution in [0, 0.1) is 11.8 Å². The number of nitrogens with two attached hydrogens (primary N) is 1. The number of aliphatic hydroxyl groups excluding tert-OH is 1. The minimum absolute atomic E-state index is 0.148. The average molecular weight is 233 g/mol. The van der Waals surface area contributed by atoms with Gasteiger partial charge in [0.15, 0.2) is 5.13 Å². The summed E-state index contributed by atoms with van der Waals surface area (Å²) in [6.45, 7) is -0.254. The van der Waals surface area contributed by atoms with Gasteiger partial charge in [-0.25, -0.2) is 14.8 Å². The van der Waals surface area contributed by atoms with E-state index in [2.05, 4.69) is 16.8 Å². The van der Waals surface area contributed by atoms with Gasteiger partial charge in [-0.3, -0.25) is 0 Å². The molecule has 0 radical (unpaired) electrons. The maximum absolute atomic E-state index is 10.6. The highest BCUT2D eigenvalue weighted by molar-refractivity contribution is 7.90. The lowest BCUT2D eigenvalue weighted by molar-refractivity contribution is 0.350. The number of anilines is 1. The normalized spacial score (nSPS) is 10.4. The quantitative estimate of drug-likeness (QED) is 0.576. The molecule has 0 bridgehead atoms. The standard InChI is InChI=1S/C6H7N3O3S2/c7-14(11,12)9-6-8-4-5(13-6)2-1-3-10/h4,10H,3H2,(H,8,9)(H2,7,11,12). The lowest BCUT2D eigenvalue weighted by Gasteiger charge is -1.94. The Kier molecular flexibility index (Phi) is 3.43. The second-order valence-corrected chi connectivity index (χ2v) is 4.46. The minimum atomic E-state index is -3.78. The van der Waals surface area contributed by atoms with Crippen LogP contribution >= 0.6 is 11.3 Å². The third-order valence-electron chi connectivity index (χ3n) is 1.03. The van der Waals surface area contributed by atoms with E-state index < -0.39 is 10.2 Å². The summed E-state index contributed by atoms with van der Waals surface area (Å²) in [6, 6.07) is 0. The van der Waals surface area contributed by atoms with Gasteiger partial charge in [-0.15, -0.1) is 0 Å². The smallest absolute Gasteiger partial charge is 0.298 e. The Labute approximate surface area is 85.0 Å². The molecule has 14 heavy (non-hydrogen) atoms. The van der Waals surface area contributed by atoms with Crippen LogP contribution < -0.4 is 9.86 Å². The Morgan fingerprint density at radius 2 is 2.43 bits per heavy atom. The number of nitrogens with zero attached hydrogens (tertiary/aromatic N) is 1. The first-order valence-electron chi connectivity index (χ1n) is 3.37. The average Bonchev–Trinajstić information content (AvgIpc) is 2.46. The molecule has 0 saturated carbocycles. The van der Waals surface area contributed by atoms with Crippen molar-refractivity contribution in [3.63, 3.8) is 0 Å². The van der Waals surface area contributed by atoms with Crippen molar-refractivity contribution in [2.45, 2.75) is 0 Å². The summed E-state index contributed by atoms with van der Waals surface area (Å²) < 4.78 is 23.2. The lowest BCUT2D eigenvalue weighted by atomic mass is 10.5. The van der Waals surface area contributed by atoms with Crippen molar-refractivity contribution in [1.82, 2.24) is 4.98 Å². The van der Waals surface area contributed by atoms with Crippen LogP contribution in [-0.2, 0) is 10.2 Å². The molecule has 0 aliphatic rings. The lowest BCUT2D eigenvalue weighted by Crippen LogP contribution is -2.21. The van der Waals surface area contributed by atoms with Crippen LogP contribution in [0.25, 0.3) is 0 Å². The summed E-state index contributed by atoms with van der Waals surface area (Å²) in [7, 11) is -3.78. The molecule has 1 aromatic heterocycles. The molecule has 0 fully saturated rings. The fraction of sp³-hybridized carbons (Fsp3) is 0.167. The molecule has 0 atom stereocenters. The van der Waals surface area contributed by atoms with E-state index in [1.54, 1.807) is 0 Å². The van der Waals surface area contributed by atoms with Crippen molar-refractivity contribution < 1.29 is 13.5 Å². The monoisotopic (exact) mass is 233 g/mol. The van der Waals surface area contributed by atoms with E-state index in [1.807, 2.05) is 4.72 Å².